The lowest BCUT2D eigenvalue weighted by Crippen LogP contribution is -2.25. The molecule has 0 aromatic carbocycles. The van der Waals surface area contributed by atoms with Crippen LogP contribution in [0.4, 0.5) is 10.3 Å². The lowest BCUT2D eigenvalue weighted by Gasteiger charge is -2.14. The Morgan fingerprint density at radius 1 is 1.24 bits per heavy atom. The first kappa shape index (κ1) is 15.9. The molecular weight excluding hydrogens is 339 g/mol. The number of aryl methyl sites for hydroxylation is 1. The summed E-state index contributed by atoms with van der Waals surface area (Å²) >= 11 is 1.57. The van der Waals surface area contributed by atoms with E-state index >= 15 is 0 Å². The highest BCUT2D eigenvalue weighted by molar-refractivity contribution is 7.18. The normalized spacial score (nSPS) is 12.2. The molecule has 4 aromatic rings. The molecule has 0 radical (unpaired) electrons. The van der Waals surface area contributed by atoms with Crippen molar-refractivity contribution in [3.63, 3.8) is 0 Å². The first-order chi connectivity index (χ1) is 11.9. The van der Waals surface area contributed by atoms with E-state index in [9.17, 15) is 4.39 Å². The van der Waals surface area contributed by atoms with Gasteiger partial charge in [0, 0.05) is 23.3 Å². The standard InChI is InChI=1S/C17H17FN6S/c1-9-22-13-5-4-12(23-15(13)25-9)10-6-19-14-11(10)7-20-16(24-14)21-8-17(2,3)18/h4-7H,8H2,1-3H3,(H2,19,20,21,24). The van der Waals surface area contributed by atoms with Crippen LogP contribution in [0.15, 0.2) is 24.5 Å². The summed E-state index contributed by atoms with van der Waals surface area (Å²) in [4.78, 5) is 21.9. The summed E-state index contributed by atoms with van der Waals surface area (Å²) in [6.45, 7) is 5.14. The summed E-state index contributed by atoms with van der Waals surface area (Å²) in [5.74, 6) is 0.396. The molecule has 0 unspecified atom stereocenters. The zero-order valence-corrected chi connectivity index (χ0v) is 14.9. The highest BCUT2D eigenvalue weighted by Gasteiger charge is 2.16. The Hall–Kier alpha value is -2.61. The van der Waals surface area contributed by atoms with E-state index in [1.807, 2.05) is 25.3 Å². The van der Waals surface area contributed by atoms with Gasteiger partial charge < -0.3 is 10.3 Å². The molecule has 8 heteroatoms. The van der Waals surface area contributed by atoms with Crippen LogP contribution in [0, 0.1) is 6.92 Å². The molecule has 6 nitrogen and oxygen atoms in total. The maximum atomic E-state index is 13.6. The number of rotatable bonds is 4. The predicted octanol–water partition coefficient (Wildman–Crippen LogP) is 4.10. The number of alkyl halides is 1. The molecule has 2 N–H and O–H groups in total. The second kappa shape index (κ2) is 5.73. The van der Waals surface area contributed by atoms with Gasteiger partial charge in [-0.1, -0.05) is 11.3 Å². The lowest BCUT2D eigenvalue weighted by molar-refractivity contribution is 0.234. The molecule has 0 aliphatic heterocycles. The summed E-state index contributed by atoms with van der Waals surface area (Å²) in [6, 6.07) is 3.92. The van der Waals surface area contributed by atoms with Crippen LogP contribution >= 0.6 is 11.3 Å². The molecule has 0 amide bonds. The number of hydrogen-bond donors (Lipinski definition) is 2. The van der Waals surface area contributed by atoms with Gasteiger partial charge in [0.25, 0.3) is 0 Å². The minimum atomic E-state index is -1.33. The molecule has 4 rings (SSSR count). The van der Waals surface area contributed by atoms with Gasteiger partial charge in [-0.15, -0.1) is 0 Å². The molecule has 0 fully saturated rings. The third kappa shape index (κ3) is 3.17. The molecule has 4 aromatic heterocycles. The third-order valence-electron chi connectivity index (χ3n) is 3.74. The van der Waals surface area contributed by atoms with Gasteiger partial charge in [-0.3, -0.25) is 0 Å². The van der Waals surface area contributed by atoms with Gasteiger partial charge in [0.1, 0.15) is 21.7 Å². The third-order valence-corrected chi connectivity index (χ3v) is 4.62. The Morgan fingerprint density at radius 2 is 2.08 bits per heavy atom. The van der Waals surface area contributed by atoms with Crippen LogP contribution in [0.2, 0.25) is 0 Å². The Morgan fingerprint density at radius 3 is 2.88 bits per heavy atom. The van der Waals surface area contributed by atoms with E-state index < -0.39 is 5.67 Å². The number of aromatic amines is 1. The van der Waals surface area contributed by atoms with E-state index in [0.717, 1.165) is 32.0 Å². The number of nitrogens with zero attached hydrogens (tertiary/aromatic N) is 4. The van der Waals surface area contributed by atoms with Crippen LogP contribution < -0.4 is 5.32 Å². The van der Waals surface area contributed by atoms with E-state index in [0.29, 0.717) is 11.6 Å². The van der Waals surface area contributed by atoms with Crippen molar-refractivity contribution >= 4 is 38.7 Å². The van der Waals surface area contributed by atoms with Crippen molar-refractivity contribution in [1.29, 1.82) is 0 Å². The Kier molecular flexibility index (Phi) is 3.64. The summed E-state index contributed by atoms with van der Waals surface area (Å²) in [5, 5.41) is 4.78. The van der Waals surface area contributed by atoms with Crippen molar-refractivity contribution in [3.05, 3.63) is 29.5 Å². The number of nitrogens with one attached hydrogen (secondary N) is 2. The molecule has 0 bridgehead atoms. The van der Waals surface area contributed by atoms with Gasteiger partial charge in [0.15, 0.2) is 0 Å². The molecule has 0 spiro atoms. The maximum Gasteiger partial charge on any atom is 0.224 e. The number of H-pyrrole nitrogens is 1. The van der Waals surface area contributed by atoms with Crippen molar-refractivity contribution in [2.75, 3.05) is 11.9 Å². The van der Waals surface area contributed by atoms with E-state index in [2.05, 4.69) is 25.3 Å². The SMILES string of the molecule is Cc1nc2ccc(-c3c[nH]c4nc(NCC(C)(C)F)ncc34)nc2s1. The minimum absolute atomic E-state index is 0.148. The fourth-order valence-electron chi connectivity index (χ4n) is 2.57. The van der Waals surface area contributed by atoms with Crippen molar-refractivity contribution in [1.82, 2.24) is 24.9 Å². The zero-order valence-electron chi connectivity index (χ0n) is 14.1. The van der Waals surface area contributed by atoms with Gasteiger partial charge in [-0.25, -0.2) is 19.3 Å². The average Bonchev–Trinajstić information content (AvgIpc) is 3.13. The van der Waals surface area contributed by atoms with Crippen molar-refractivity contribution in [3.8, 4) is 11.3 Å². The number of aromatic nitrogens is 5. The smallest absolute Gasteiger partial charge is 0.224 e. The van der Waals surface area contributed by atoms with Crippen LogP contribution in [0.5, 0.6) is 0 Å². The summed E-state index contributed by atoms with van der Waals surface area (Å²) < 4.78 is 13.6. The Labute approximate surface area is 147 Å². The van der Waals surface area contributed by atoms with Gasteiger partial charge >= 0.3 is 0 Å². The Bertz CT molecular complexity index is 1060. The van der Waals surface area contributed by atoms with E-state index in [1.165, 1.54) is 13.8 Å². The topological polar surface area (TPSA) is 79.4 Å². The summed E-state index contributed by atoms with van der Waals surface area (Å²) in [7, 11) is 0. The van der Waals surface area contributed by atoms with Crippen molar-refractivity contribution < 1.29 is 4.39 Å². The largest absolute Gasteiger partial charge is 0.351 e. The maximum absolute atomic E-state index is 13.6. The molecule has 25 heavy (non-hydrogen) atoms. The number of hydrogen-bond acceptors (Lipinski definition) is 6. The fourth-order valence-corrected chi connectivity index (χ4v) is 3.36. The molecule has 0 aliphatic rings. The summed E-state index contributed by atoms with van der Waals surface area (Å²) in [5.41, 5.74) is 2.04. The van der Waals surface area contributed by atoms with Crippen LogP contribution in [-0.2, 0) is 0 Å². The zero-order chi connectivity index (χ0) is 17.6. The number of anilines is 1. The number of thiazole rings is 1. The molecule has 4 heterocycles. The van der Waals surface area contributed by atoms with Crippen LogP contribution in [0.3, 0.4) is 0 Å². The average molecular weight is 356 g/mol. The molecule has 0 saturated heterocycles. The van der Waals surface area contributed by atoms with Gasteiger partial charge in [0.2, 0.25) is 5.95 Å². The quantitative estimate of drug-likeness (QED) is 0.575. The van der Waals surface area contributed by atoms with Gasteiger partial charge in [-0.2, -0.15) is 4.98 Å². The molecule has 0 saturated carbocycles. The highest BCUT2D eigenvalue weighted by atomic mass is 32.1. The number of halogens is 1. The fraction of sp³-hybridized carbons (Fsp3) is 0.294. The number of fused-ring (bicyclic) bond motifs is 2. The summed E-state index contributed by atoms with van der Waals surface area (Å²) in [6.07, 6.45) is 3.59. The number of pyridine rings is 1. The van der Waals surface area contributed by atoms with Crippen molar-refractivity contribution in [2.45, 2.75) is 26.4 Å². The predicted molar refractivity (Wildman–Crippen MR) is 98.7 cm³/mol. The molecule has 128 valence electrons. The first-order valence-electron chi connectivity index (χ1n) is 7.90. The lowest BCUT2D eigenvalue weighted by atomic mass is 10.1. The van der Waals surface area contributed by atoms with Crippen molar-refractivity contribution in [2.24, 2.45) is 0 Å². The molecule has 0 atom stereocenters. The second-order valence-electron chi connectivity index (χ2n) is 6.48. The van der Waals surface area contributed by atoms with Crippen LogP contribution in [0.25, 0.3) is 32.6 Å². The van der Waals surface area contributed by atoms with Crippen LogP contribution in [0.1, 0.15) is 18.9 Å². The van der Waals surface area contributed by atoms with E-state index in [-0.39, 0.29) is 6.54 Å². The van der Waals surface area contributed by atoms with Gasteiger partial charge in [0.05, 0.1) is 17.2 Å². The Balaban J connectivity index is 1.70. The van der Waals surface area contributed by atoms with Gasteiger partial charge in [-0.05, 0) is 32.9 Å². The highest BCUT2D eigenvalue weighted by Crippen LogP contribution is 2.29. The second-order valence-corrected chi connectivity index (χ2v) is 7.67. The monoisotopic (exact) mass is 356 g/mol. The van der Waals surface area contributed by atoms with E-state index in [4.69, 9.17) is 4.98 Å². The first-order valence-corrected chi connectivity index (χ1v) is 8.72. The van der Waals surface area contributed by atoms with E-state index in [1.54, 1.807) is 17.5 Å². The minimum Gasteiger partial charge on any atom is -0.351 e. The molecule has 0 aliphatic carbocycles. The van der Waals surface area contributed by atoms with Crippen LogP contribution in [-0.4, -0.2) is 37.1 Å². The molecular formula is C17H17FN6S.